The van der Waals surface area contributed by atoms with Crippen LogP contribution in [0.1, 0.15) is 24.1 Å². The van der Waals surface area contributed by atoms with E-state index in [9.17, 15) is 8.78 Å². The van der Waals surface area contributed by atoms with E-state index >= 15 is 0 Å². The Balaban J connectivity index is 2.05. The fraction of sp³-hybridized carbons (Fsp3) is 0.200. The van der Waals surface area contributed by atoms with Crippen LogP contribution in [0.25, 0.3) is 0 Å². The van der Waals surface area contributed by atoms with Crippen LogP contribution in [0.4, 0.5) is 8.78 Å². The van der Waals surface area contributed by atoms with E-state index in [1.807, 2.05) is 31.2 Å². The van der Waals surface area contributed by atoms with Gasteiger partial charge in [0, 0.05) is 17.1 Å². The Morgan fingerprint density at radius 2 is 1.85 bits per heavy atom. The number of hydrogen-bond acceptors (Lipinski definition) is 2. The third kappa shape index (κ3) is 3.55. The van der Waals surface area contributed by atoms with E-state index in [-0.39, 0.29) is 6.04 Å². The summed E-state index contributed by atoms with van der Waals surface area (Å²) in [6, 6.07) is 10.1. The lowest BCUT2D eigenvalue weighted by molar-refractivity contribution is 0.394. The molecular formula is C15H14BrF2NO. The molecule has 0 fully saturated rings. The van der Waals surface area contributed by atoms with Gasteiger partial charge in [-0.05, 0) is 42.3 Å². The smallest absolute Gasteiger partial charge is 0.187 e. The Hall–Kier alpha value is -1.46. The van der Waals surface area contributed by atoms with Gasteiger partial charge in [0.2, 0.25) is 0 Å². The molecule has 0 spiro atoms. The predicted octanol–water partition coefficient (Wildman–Crippen LogP) is 4.28. The van der Waals surface area contributed by atoms with Crippen molar-refractivity contribution in [1.29, 1.82) is 0 Å². The minimum absolute atomic E-state index is 0.0347. The SMILES string of the molecule is CC(NCc1cc(F)c(O)c(F)c1)c1cccc(Br)c1. The summed E-state index contributed by atoms with van der Waals surface area (Å²) in [5.74, 6) is -2.83. The quantitative estimate of drug-likeness (QED) is 0.869. The fourth-order valence-electron chi connectivity index (χ4n) is 1.88. The maximum atomic E-state index is 13.2. The number of phenols is 1. The Kier molecular flexibility index (Phi) is 4.73. The predicted molar refractivity (Wildman–Crippen MR) is 77.4 cm³/mol. The highest BCUT2D eigenvalue weighted by molar-refractivity contribution is 9.10. The van der Waals surface area contributed by atoms with E-state index in [1.54, 1.807) is 0 Å². The summed E-state index contributed by atoms with van der Waals surface area (Å²) in [4.78, 5) is 0. The van der Waals surface area contributed by atoms with E-state index in [2.05, 4.69) is 21.2 Å². The van der Waals surface area contributed by atoms with Gasteiger partial charge in [0.15, 0.2) is 17.4 Å². The van der Waals surface area contributed by atoms with Gasteiger partial charge in [0.25, 0.3) is 0 Å². The molecular weight excluding hydrogens is 328 g/mol. The Morgan fingerprint density at radius 3 is 2.45 bits per heavy atom. The summed E-state index contributed by atoms with van der Waals surface area (Å²) in [6.07, 6.45) is 0. The van der Waals surface area contributed by atoms with Crippen molar-refractivity contribution in [2.24, 2.45) is 0 Å². The van der Waals surface area contributed by atoms with Crippen molar-refractivity contribution in [2.75, 3.05) is 0 Å². The third-order valence-corrected chi connectivity index (χ3v) is 3.53. The molecule has 0 heterocycles. The second-order valence-corrected chi connectivity index (χ2v) is 5.48. The summed E-state index contributed by atoms with van der Waals surface area (Å²) in [5.41, 5.74) is 1.51. The average Bonchev–Trinajstić information content (AvgIpc) is 2.42. The lowest BCUT2D eigenvalue weighted by Crippen LogP contribution is -2.18. The van der Waals surface area contributed by atoms with Crippen molar-refractivity contribution in [3.05, 3.63) is 63.6 Å². The number of halogens is 3. The molecule has 0 radical (unpaired) electrons. The van der Waals surface area contributed by atoms with Gasteiger partial charge in [-0.25, -0.2) is 8.78 Å². The first-order chi connectivity index (χ1) is 9.47. The van der Waals surface area contributed by atoms with E-state index < -0.39 is 17.4 Å². The van der Waals surface area contributed by atoms with Crippen LogP contribution in [0.5, 0.6) is 5.75 Å². The molecule has 0 bridgehead atoms. The number of benzene rings is 2. The lowest BCUT2D eigenvalue weighted by Gasteiger charge is -2.15. The topological polar surface area (TPSA) is 32.3 Å². The number of hydrogen-bond donors (Lipinski definition) is 2. The van der Waals surface area contributed by atoms with Crippen molar-refractivity contribution in [3.8, 4) is 5.75 Å². The molecule has 2 nitrogen and oxygen atoms in total. The van der Waals surface area contributed by atoms with Crippen molar-refractivity contribution in [2.45, 2.75) is 19.5 Å². The molecule has 20 heavy (non-hydrogen) atoms. The zero-order valence-corrected chi connectivity index (χ0v) is 12.4. The Morgan fingerprint density at radius 1 is 1.20 bits per heavy atom. The summed E-state index contributed by atoms with van der Waals surface area (Å²) in [6.45, 7) is 2.27. The summed E-state index contributed by atoms with van der Waals surface area (Å²) in [7, 11) is 0. The zero-order chi connectivity index (χ0) is 14.7. The van der Waals surface area contributed by atoms with E-state index in [1.165, 1.54) is 0 Å². The van der Waals surface area contributed by atoms with E-state index in [0.717, 1.165) is 22.2 Å². The molecule has 2 aromatic carbocycles. The molecule has 0 aromatic heterocycles. The normalized spacial score (nSPS) is 12.4. The Bertz CT molecular complexity index is 596. The molecule has 0 saturated carbocycles. The standard InChI is InChI=1S/C15H14BrF2NO/c1-9(11-3-2-4-12(16)7-11)19-8-10-5-13(17)15(20)14(18)6-10/h2-7,9,19-20H,8H2,1H3. The highest BCUT2D eigenvalue weighted by Gasteiger charge is 2.11. The zero-order valence-electron chi connectivity index (χ0n) is 10.8. The van der Waals surface area contributed by atoms with Crippen LogP contribution in [-0.2, 0) is 6.54 Å². The van der Waals surface area contributed by atoms with Gasteiger partial charge >= 0.3 is 0 Å². The second kappa shape index (κ2) is 6.33. The first kappa shape index (κ1) is 14.9. The molecule has 2 N–H and O–H groups in total. The molecule has 1 unspecified atom stereocenters. The van der Waals surface area contributed by atoms with Crippen LogP contribution in [-0.4, -0.2) is 5.11 Å². The molecule has 0 aliphatic carbocycles. The lowest BCUT2D eigenvalue weighted by atomic mass is 10.1. The Labute approximate surface area is 124 Å². The fourth-order valence-corrected chi connectivity index (χ4v) is 2.30. The van der Waals surface area contributed by atoms with Crippen molar-refractivity contribution < 1.29 is 13.9 Å². The molecule has 0 aliphatic heterocycles. The molecule has 1 atom stereocenters. The number of nitrogens with one attached hydrogen (secondary N) is 1. The summed E-state index contributed by atoms with van der Waals surface area (Å²) in [5, 5.41) is 12.2. The monoisotopic (exact) mass is 341 g/mol. The molecule has 2 rings (SSSR count). The van der Waals surface area contributed by atoms with Gasteiger partial charge in [-0.1, -0.05) is 28.1 Å². The molecule has 5 heteroatoms. The molecule has 106 valence electrons. The van der Waals surface area contributed by atoms with Crippen molar-refractivity contribution >= 4 is 15.9 Å². The van der Waals surface area contributed by atoms with E-state index in [4.69, 9.17) is 5.11 Å². The van der Waals surface area contributed by atoms with Crippen LogP contribution >= 0.6 is 15.9 Å². The first-order valence-electron chi connectivity index (χ1n) is 6.13. The van der Waals surface area contributed by atoms with Gasteiger partial charge in [0.05, 0.1) is 0 Å². The van der Waals surface area contributed by atoms with Gasteiger partial charge in [-0.15, -0.1) is 0 Å². The van der Waals surface area contributed by atoms with Crippen LogP contribution in [0, 0.1) is 11.6 Å². The number of rotatable bonds is 4. The number of aromatic hydroxyl groups is 1. The third-order valence-electron chi connectivity index (χ3n) is 3.04. The molecule has 0 amide bonds. The highest BCUT2D eigenvalue weighted by Crippen LogP contribution is 2.22. The first-order valence-corrected chi connectivity index (χ1v) is 6.92. The van der Waals surface area contributed by atoms with Crippen LogP contribution in [0.3, 0.4) is 0 Å². The summed E-state index contributed by atoms with van der Waals surface area (Å²) >= 11 is 3.40. The van der Waals surface area contributed by atoms with Crippen LogP contribution in [0.2, 0.25) is 0 Å². The molecule has 2 aromatic rings. The highest BCUT2D eigenvalue weighted by atomic mass is 79.9. The molecule has 0 aliphatic rings. The second-order valence-electron chi connectivity index (χ2n) is 4.57. The summed E-state index contributed by atoms with van der Waals surface area (Å²) < 4.78 is 27.4. The van der Waals surface area contributed by atoms with Gasteiger partial charge < -0.3 is 10.4 Å². The van der Waals surface area contributed by atoms with Crippen LogP contribution < -0.4 is 5.32 Å². The largest absolute Gasteiger partial charge is 0.503 e. The number of phenolic OH excluding ortho intramolecular Hbond substituents is 1. The van der Waals surface area contributed by atoms with Crippen LogP contribution in [0.15, 0.2) is 40.9 Å². The average molecular weight is 342 g/mol. The van der Waals surface area contributed by atoms with Crippen molar-refractivity contribution in [1.82, 2.24) is 5.32 Å². The van der Waals surface area contributed by atoms with Gasteiger partial charge in [-0.2, -0.15) is 0 Å². The maximum absolute atomic E-state index is 13.2. The van der Waals surface area contributed by atoms with E-state index in [0.29, 0.717) is 12.1 Å². The molecule has 0 saturated heterocycles. The van der Waals surface area contributed by atoms with Gasteiger partial charge in [0.1, 0.15) is 0 Å². The maximum Gasteiger partial charge on any atom is 0.187 e. The van der Waals surface area contributed by atoms with Gasteiger partial charge in [-0.3, -0.25) is 0 Å². The minimum Gasteiger partial charge on any atom is -0.503 e. The minimum atomic E-state index is -0.947. The van der Waals surface area contributed by atoms with Crippen molar-refractivity contribution in [3.63, 3.8) is 0 Å².